The van der Waals surface area contributed by atoms with Gasteiger partial charge in [0.05, 0.1) is 12.7 Å². The van der Waals surface area contributed by atoms with Crippen LogP contribution in [-0.2, 0) is 9.53 Å². The van der Waals surface area contributed by atoms with E-state index in [1.54, 1.807) is 29.2 Å². The Balaban J connectivity index is 0.00000288. The molecule has 1 fully saturated rings. The highest BCUT2D eigenvalue weighted by molar-refractivity contribution is 5.95. The van der Waals surface area contributed by atoms with E-state index in [2.05, 4.69) is 0 Å². The quantitative estimate of drug-likeness (QED) is 0.751. The lowest BCUT2D eigenvalue weighted by atomic mass is 10.1. The van der Waals surface area contributed by atoms with Crippen molar-refractivity contribution in [3.8, 4) is 5.75 Å². The SMILES string of the molecule is CCC(=O)c1ccc(OCC(=O)N2CCOC(CCN)C2)cc1.Cl. The van der Waals surface area contributed by atoms with E-state index in [1.165, 1.54) is 0 Å². The number of halogens is 1. The molecule has 1 unspecified atom stereocenters. The summed E-state index contributed by atoms with van der Waals surface area (Å²) in [5, 5.41) is 0. The summed E-state index contributed by atoms with van der Waals surface area (Å²) >= 11 is 0. The van der Waals surface area contributed by atoms with Crippen LogP contribution in [0.2, 0.25) is 0 Å². The lowest BCUT2D eigenvalue weighted by Gasteiger charge is -2.32. The molecule has 1 aromatic carbocycles. The monoisotopic (exact) mass is 356 g/mol. The Hall–Kier alpha value is -1.63. The molecular weight excluding hydrogens is 332 g/mol. The number of Topliss-reactive ketones (excluding diaryl/α,β-unsaturated/α-hetero) is 1. The van der Waals surface area contributed by atoms with Crippen LogP contribution < -0.4 is 10.5 Å². The summed E-state index contributed by atoms with van der Waals surface area (Å²) in [5.41, 5.74) is 6.18. The maximum absolute atomic E-state index is 12.2. The van der Waals surface area contributed by atoms with E-state index in [4.69, 9.17) is 15.2 Å². The average Bonchev–Trinajstić information content (AvgIpc) is 2.60. The van der Waals surface area contributed by atoms with Gasteiger partial charge in [-0.05, 0) is 37.2 Å². The van der Waals surface area contributed by atoms with Gasteiger partial charge in [-0.2, -0.15) is 0 Å². The fourth-order valence-electron chi connectivity index (χ4n) is 2.48. The molecule has 0 radical (unpaired) electrons. The molecule has 2 rings (SSSR count). The third-order valence-corrected chi connectivity index (χ3v) is 3.84. The molecule has 7 heteroatoms. The number of nitrogens with two attached hydrogens (primary N) is 1. The number of hydrogen-bond donors (Lipinski definition) is 1. The summed E-state index contributed by atoms with van der Waals surface area (Å²) in [6.45, 7) is 4.02. The maximum atomic E-state index is 12.2. The van der Waals surface area contributed by atoms with Gasteiger partial charge in [0.15, 0.2) is 12.4 Å². The summed E-state index contributed by atoms with van der Waals surface area (Å²) in [6, 6.07) is 6.87. The van der Waals surface area contributed by atoms with Gasteiger partial charge in [-0.15, -0.1) is 12.4 Å². The first-order chi connectivity index (χ1) is 11.1. The molecule has 24 heavy (non-hydrogen) atoms. The Kier molecular flexibility index (Phi) is 8.74. The maximum Gasteiger partial charge on any atom is 0.260 e. The van der Waals surface area contributed by atoms with Crippen molar-refractivity contribution >= 4 is 24.1 Å². The van der Waals surface area contributed by atoms with E-state index in [0.29, 0.717) is 44.0 Å². The zero-order chi connectivity index (χ0) is 16.7. The number of ketones is 1. The van der Waals surface area contributed by atoms with Crippen molar-refractivity contribution < 1.29 is 19.1 Å². The molecular formula is C17H25ClN2O4. The molecule has 1 aliphatic heterocycles. The van der Waals surface area contributed by atoms with Crippen LogP contribution in [0.1, 0.15) is 30.1 Å². The van der Waals surface area contributed by atoms with Gasteiger partial charge < -0.3 is 20.1 Å². The molecule has 6 nitrogen and oxygen atoms in total. The van der Waals surface area contributed by atoms with Gasteiger partial charge in [-0.1, -0.05) is 6.92 Å². The summed E-state index contributed by atoms with van der Waals surface area (Å²) < 4.78 is 11.1. The van der Waals surface area contributed by atoms with Crippen LogP contribution in [-0.4, -0.2) is 55.5 Å². The van der Waals surface area contributed by atoms with E-state index >= 15 is 0 Å². The zero-order valence-electron chi connectivity index (χ0n) is 13.9. The minimum absolute atomic E-state index is 0. The Morgan fingerprint density at radius 1 is 1.33 bits per heavy atom. The van der Waals surface area contributed by atoms with Crippen LogP contribution in [0.25, 0.3) is 0 Å². The molecule has 1 saturated heterocycles. The van der Waals surface area contributed by atoms with Gasteiger partial charge in [-0.3, -0.25) is 9.59 Å². The molecule has 1 aliphatic rings. The molecule has 1 aromatic rings. The molecule has 0 aromatic heterocycles. The number of rotatable bonds is 7. The summed E-state index contributed by atoms with van der Waals surface area (Å²) in [7, 11) is 0. The predicted molar refractivity (Wildman–Crippen MR) is 93.8 cm³/mol. The number of carbonyl (C=O) groups is 2. The summed E-state index contributed by atoms with van der Waals surface area (Å²) in [5.74, 6) is 0.605. The van der Waals surface area contributed by atoms with Crippen molar-refractivity contribution in [1.82, 2.24) is 4.90 Å². The minimum atomic E-state index is -0.0657. The zero-order valence-corrected chi connectivity index (χ0v) is 14.7. The van der Waals surface area contributed by atoms with E-state index in [1.807, 2.05) is 6.92 Å². The van der Waals surface area contributed by atoms with Crippen molar-refractivity contribution in [2.24, 2.45) is 5.73 Å². The third kappa shape index (κ3) is 5.78. The summed E-state index contributed by atoms with van der Waals surface area (Å²) in [6.07, 6.45) is 1.23. The lowest BCUT2D eigenvalue weighted by molar-refractivity contribution is -0.141. The highest BCUT2D eigenvalue weighted by Crippen LogP contribution is 2.14. The Morgan fingerprint density at radius 3 is 2.67 bits per heavy atom. The number of hydrogen-bond acceptors (Lipinski definition) is 5. The summed E-state index contributed by atoms with van der Waals surface area (Å²) in [4.78, 5) is 25.5. The average molecular weight is 357 g/mol. The van der Waals surface area contributed by atoms with Crippen LogP contribution >= 0.6 is 12.4 Å². The molecule has 2 N–H and O–H groups in total. The molecule has 1 atom stereocenters. The topological polar surface area (TPSA) is 81.9 Å². The normalized spacial score (nSPS) is 17.1. The smallest absolute Gasteiger partial charge is 0.260 e. The van der Waals surface area contributed by atoms with Crippen molar-refractivity contribution in [2.75, 3.05) is 32.8 Å². The Labute approximate surface area is 148 Å². The highest BCUT2D eigenvalue weighted by atomic mass is 35.5. The van der Waals surface area contributed by atoms with Crippen LogP contribution in [0.4, 0.5) is 0 Å². The first-order valence-corrected chi connectivity index (χ1v) is 7.99. The second-order valence-electron chi connectivity index (χ2n) is 5.50. The standard InChI is InChI=1S/C17H24N2O4.ClH/c1-2-16(20)13-3-5-14(6-4-13)23-12-17(21)19-9-10-22-15(11-19)7-8-18;/h3-6,15H,2,7-12,18H2,1H3;1H. The van der Waals surface area contributed by atoms with Crippen molar-refractivity contribution in [3.05, 3.63) is 29.8 Å². The molecule has 0 aliphatic carbocycles. The molecule has 134 valence electrons. The number of benzene rings is 1. The Morgan fingerprint density at radius 2 is 2.04 bits per heavy atom. The molecule has 1 heterocycles. The first kappa shape index (κ1) is 20.4. The van der Waals surface area contributed by atoms with Gasteiger partial charge in [0.25, 0.3) is 5.91 Å². The van der Waals surface area contributed by atoms with Gasteiger partial charge in [0, 0.05) is 25.1 Å². The number of carbonyl (C=O) groups excluding carboxylic acids is 2. The second kappa shape index (κ2) is 10.3. The molecule has 0 saturated carbocycles. The van der Waals surface area contributed by atoms with Crippen molar-refractivity contribution in [1.29, 1.82) is 0 Å². The van der Waals surface area contributed by atoms with Crippen molar-refractivity contribution in [2.45, 2.75) is 25.9 Å². The number of morpholine rings is 1. The fraction of sp³-hybridized carbons (Fsp3) is 0.529. The lowest BCUT2D eigenvalue weighted by Crippen LogP contribution is -2.47. The first-order valence-electron chi connectivity index (χ1n) is 7.99. The van der Waals surface area contributed by atoms with Gasteiger partial charge in [-0.25, -0.2) is 0 Å². The van der Waals surface area contributed by atoms with Gasteiger partial charge in [0.1, 0.15) is 5.75 Å². The number of ether oxygens (including phenoxy) is 2. The van der Waals surface area contributed by atoms with Crippen LogP contribution in [0.5, 0.6) is 5.75 Å². The number of nitrogens with zero attached hydrogens (tertiary/aromatic N) is 1. The molecule has 0 bridgehead atoms. The van der Waals surface area contributed by atoms with Crippen LogP contribution in [0, 0.1) is 0 Å². The second-order valence-corrected chi connectivity index (χ2v) is 5.50. The largest absolute Gasteiger partial charge is 0.484 e. The molecule has 1 amide bonds. The van der Waals surface area contributed by atoms with E-state index in [9.17, 15) is 9.59 Å². The van der Waals surface area contributed by atoms with Crippen molar-refractivity contribution in [3.63, 3.8) is 0 Å². The minimum Gasteiger partial charge on any atom is -0.484 e. The van der Waals surface area contributed by atoms with Crippen LogP contribution in [0.3, 0.4) is 0 Å². The van der Waals surface area contributed by atoms with Gasteiger partial charge in [0.2, 0.25) is 0 Å². The van der Waals surface area contributed by atoms with E-state index in [-0.39, 0.29) is 36.8 Å². The highest BCUT2D eigenvalue weighted by Gasteiger charge is 2.23. The van der Waals surface area contributed by atoms with Crippen LogP contribution in [0.15, 0.2) is 24.3 Å². The molecule has 0 spiro atoms. The van der Waals surface area contributed by atoms with E-state index in [0.717, 1.165) is 6.42 Å². The fourth-order valence-corrected chi connectivity index (χ4v) is 2.48. The van der Waals surface area contributed by atoms with E-state index < -0.39 is 0 Å². The number of amides is 1. The van der Waals surface area contributed by atoms with Gasteiger partial charge >= 0.3 is 0 Å². The predicted octanol–water partition coefficient (Wildman–Crippen LogP) is 1.66. The third-order valence-electron chi connectivity index (χ3n) is 3.84. The Bertz CT molecular complexity index is 534.